The summed E-state index contributed by atoms with van der Waals surface area (Å²) in [7, 11) is 1.28. The minimum atomic E-state index is -0.893. The highest BCUT2D eigenvalue weighted by Gasteiger charge is 2.29. The van der Waals surface area contributed by atoms with Gasteiger partial charge in [-0.2, -0.15) is 0 Å². The molecule has 0 spiro atoms. The van der Waals surface area contributed by atoms with E-state index in [2.05, 4.69) is 5.32 Å². The first-order valence-corrected chi connectivity index (χ1v) is 15.7. The summed E-state index contributed by atoms with van der Waals surface area (Å²) in [6, 6.07) is 15.6. The van der Waals surface area contributed by atoms with Crippen molar-refractivity contribution in [1.82, 2.24) is 10.3 Å². The van der Waals surface area contributed by atoms with E-state index in [-0.39, 0.29) is 12.5 Å². The fraction of sp³-hybridized carbons (Fsp3) is 0.429. The molecule has 0 saturated carbocycles. The first kappa shape index (κ1) is 35.4. The molecule has 1 atom stereocenters. The summed E-state index contributed by atoms with van der Waals surface area (Å²) in [5, 5.41) is 3.07. The van der Waals surface area contributed by atoms with Crippen molar-refractivity contribution >= 4 is 35.4 Å². The third kappa shape index (κ3) is 9.94. The molecule has 0 bridgehead atoms. The van der Waals surface area contributed by atoms with Gasteiger partial charge in [0.1, 0.15) is 23.2 Å². The van der Waals surface area contributed by atoms with Crippen LogP contribution >= 0.6 is 11.6 Å². The fourth-order valence-corrected chi connectivity index (χ4v) is 5.14. The largest absolute Gasteiger partial charge is 0.493 e. The number of esters is 1. The normalized spacial score (nSPS) is 13.0. The van der Waals surface area contributed by atoms with E-state index in [1.807, 2.05) is 71.0 Å². The Hall–Kier alpha value is -4.11. The van der Waals surface area contributed by atoms with Gasteiger partial charge < -0.3 is 19.5 Å². The Balaban J connectivity index is 0.00000271. The molecule has 1 aromatic heterocycles. The third-order valence-corrected chi connectivity index (χ3v) is 7.26. The molecule has 1 aliphatic heterocycles. The summed E-state index contributed by atoms with van der Waals surface area (Å²) in [6.45, 7) is 12.3. The lowest BCUT2D eigenvalue weighted by Crippen LogP contribution is -2.43. The van der Waals surface area contributed by atoms with Gasteiger partial charge >= 0.3 is 12.1 Å². The SMILES string of the molecule is CC.COC(=O)C(Cc1ccc(OCCc2ccc3c(n2)N(C(=O)OC(C)(C)C)CCC3)cc1)NC(=O)c1c(C)cccc1Cl. The van der Waals surface area contributed by atoms with Crippen LogP contribution in [0.15, 0.2) is 54.6 Å². The lowest BCUT2D eigenvalue weighted by atomic mass is 10.0. The first-order chi connectivity index (χ1) is 21.4. The molecular weight excluding hydrogens is 594 g/mol. The Labute approximate surface area is 271 Å². The first-order valence-electron chi connectivity index (χ1n) is 15.3. The number of hydrogen-bond donors (Lipinski definition) is 1. The Bertz CT molecular complexity index is 1450. The number of amides is 2. The van der Waals surface area contributed by atoms with Gasteiger partial charge in [-0.05, 0) is 81.5 Å². The average molecular weight is 638 g/mol. The number of pyridine rings is 1. The average Bonchev–Trinajstić information content (AvgIpc) is 3.01. The summed E-state index contributed by atoms with van der Waals surface area (Å²) in [6.07, 6.45) is 2.12. The monoisotopic (exact) mass is 637 g/mol. The molecule has 4 rings (SSSR count). The summed E-state index contributed by atoms with van der Waals surface area (Å²) in [5.41, 5.74) is 3.11. The number of carbonyl (C=O) groups is 3. The van der Waals surface area contributed by atoms with E-state index in [0.29, 0.717) is 47.3 Å². The van der Waals surface area contributed by atoms with E-state index in [1.165, 1.54) is 7.11 Å². The molecule has 0 aliphatic carbocycles. The number of hydrogen-bond acceptors (Lipinski definition) is 7. The predicted octanol–water partition coefficient (Wildman–Crippen LogP) is 6.89. The molecular formula is C35H44ClN3O6. The Morgan fingerprint density at radius 2 is 1.76 bits per heavy atom. The second-order valence-corrected chi connectivity index (χ2v) is 11.9. The van der Waals surface area contributed by atoms with Gasteiger partial charge in [-0.15, -0.1) is 0 Å². The minimum Gasteiger partial charge on any atom is -0.493 e. The second kappa shape index (κ2) is 16.3. The van der Waals surface area contributed by atoms with Crippen LogP contribution in [-0.2, 0) is 33.5 Å². The van der Waals surface area contributed by atoms with Crippen LogP contribution in [0, 0.1) is 6.92 Å². The van der Waals surface area contributed by atoms with Gasteiger partial charge in [-0.3, -0.25) is 9.69 Å². The van der Waals surface area contributed by atoms with Gasteiger partial charge in [0.2, 0.25) is 0 Å². The van der Waals surface area contributed by atoms with Gasteiger partial charge in [0.05, 0.1) is 24.3 Å². The lowest BCUT2D eigenvalue weighted by Gasteiger charge is -2.31. The number of fused-ring (bicyclic) bond motifs is 1. The number of anilines is 1. The van der Waals surface area contributed by atoms with Crippen molar-refractivity contribution in [2.75, 3.05) is 25.2 Å². The highest BCUT2D eigenvalue weighted by atomic mass is 35.5. The quantitative estimate of drug-likeness (QED) is 0.255. The molecule has 0 saturated heterocycles. The van der Waals surface area contributed by atoms with E-state index in [9.17, 15) is 14.4 Å². The number of halogens is 1. The number of ether oxygens (including phenoxy) is 3. The Morgan fingerprint density at radius 3 is 2.40 bits per heavy atom. The minimum absolute atomic E-state index is 0.232. The van der Waals surface area contributed by atoms with E-state index in [4.69, 9.17) is 30.8 Å². The van der Waals surface area contributed by atoms with Gasteiger partial charge in [0.15, 0.2) is 0 Å². The second-order valence-electron chi connectivity index (χ2n) is 11.4. The van der Waals surface area contributed by atoms with Crippen LogP contribution in [-0.4, -0.2) is 54.9 Å². The number of carbonyl (C=O) groups excluding carboxylic acids is 3. The highest BCUT2D eigenvalue weighted by molar-refractivity contribution is 6.34. The van der Waals surface area contributed by atoms with Crippen molar-refractivity contribution in [3.8, 4) is 5.75 Å². The molecule has 10 heteroatoms. The van der Waals surface area contributed by atoms with E-state index >= 15 is 0 Å². The van der Waals surface area contributed by atoms with Gasteiger partial charge in [0.25, 0.3) is 5.91 Å². The maximum Gasteiger partial charge on any atom is 0.416 e. The van der Waals surface area contributed by atoms with Crippen LogP contribution in [0.5, 0.6) is 5.75 Å². The fourth-order valence-electron chi connectivity index (χ4n) is 4.83. The zero-order valence-corrected chi connectivity index (χ0v) is 28.0. The van der Waals surface area contributed by atoms with Crippen molar-refractivity contribution in [2.24, 2.45) is 0 Å². The van der Waals surface area contributed by atoms with Crippen molar-refractivity contribution in [3.05, 3.63) is 87.6 Å². The molecule has 1 N–H and O–H groups in total. The summed E-state index contributed by atoms with van der Waals surface area (Å²) in [4.78, 5) is 44.6. The number of methoxy groups -OCH3 is 1. The Morgan fingerprint density at radius 1 is 1.04 bits per heavy atom. The number of nitrogens with one attached hydrogen (secondary N) is 1. The zero-order valence-electron chi connectivity index (χ0n) is 27.2. The van der Waals surface area contributed by atoms with Crippen LogP contribution in [0.25, 0.3) is 0 Å². The van der Waals surface area contributed by atoms with E-state index in [1.54, 1.807) is 30.0 Å². The summed E-state index contributed by atoms with van der Waals surface area (Å²) < 4.78 is 16.5. The van der Waals surface area contributed by atoms with Crippen LogP contribution < -0.4 is 15.0 Å². The number of aryl methyl sites for hydroxylation is 2. The van der Waals surface area contributed by atoms with Crippen molar-refractivity contribution in [3.63, 3.8) is 0 Å². The van der Waals surface area contributed by atoms with Gasteiger partial charge in [-0.1, -0.05) is 55.8 Å². The highest BCUT2D eigenvalue weighted by Crippen LogP contribution is 2.27. The van der Waals surface area contributed by atoms with Crippen LogP contribution in [0.2, 0.25) is 5.02 Å². The number of benzene rings is 2. The Kier molecular flexibility index (Phi) is 12.8. The van der Waals surface area contributed by atoms with Gasteiger partial charge in [0, 0.05) is 25.1 Å². The smallest absolute Gasteiger partial charge is 0.416 e. The standard InChI is InChI=1S/C33H38ClN3O6.C2H6/c1-21-8-6-10-26(34)28(21)30(38)36-27(31(39)41-5)20-22-11-15-25(16-12-22)42-19-17-24-14-13-23-9-7-18-37(29(23)35-24)32(40)43-33(2,3)4;1-2/h6,8,10-16,27H,7,9,17-20H2,1-5H3,(H,36,38);1-2H3. The van der Waals surface area contributed by atoms with E-state index in [0.717, 1.165) is 29.7 Å². The molecule has 2 heterocycles. The van der Waals surface area contributed by atoms with Crippen LogP contribution in [0.3, 0.4) is 0 Å². The molecule has 0 fully saturated rings. The molecule has 9 nitrogen and oxygen atoms in total. The van der Waals surface area contributed by atoms with Gasteiger partial charge in [-0.25, -0.2) is 14.6 Å². The van der Waals surface area contributed by atoms with Crippen molar-refractivity contribution < 1.29 is 28.6 Å². The maximum absolute atomic E-state index is 12.9. The van der Waals surface area contributed by atoms with Crippen LogP contribution in [0.1, 0.15) is 73.8 Å². The van der Waals surface area contributed by atoms with E-state index < -0.39 is 23.5 Å². The number of aromatic nitrogens is 1. The zero-order chi connectivity index (χ0) is 33.1. The van der Waals surface area contributed by atoms with Crippen molar-refractivity contribution in [2.45, 2.75) is 78.9 Å². The molecule has 0 radical (unpaired) electrons. The third-order valence-electron chi connectivity index (χ3n) is 6.94. The maximum atomic E-state index is 12.9. The van der Waals surface area contributed by atoms with Crippen molar-refractivity contribution in [1.29, 1.82) is 0 Å². The number of rotatable bonds is 9. The molecule has 242 valence electrons. The predicted molar refractivity (Wildman–Crippen MR) is 176 cm³/mol. The molecule has 2 amide bonds. The summed E-state index contributed by atoms with van der Waals surface area (Å²) >= 11 is 6.24. The lowest BCUT2D eigenvalue weighted by molar-refractivity contribution is -0.142. The molecule has 45 heavy (non-hydrogen) atoms. The molecule has 3 aromatic rings. The number of nitrogens with zero attached hydrogens (tertiary/aromatic N) is 2. The van der Waals surface area contributed by atoms with Crippen LogP contribution in [0.4, 0.5) is 10.6 Å². The molecule has 1 unspecified atom stereocenters. The summed E-state index contributed by atoms with van der Waals surface area (Å²) in [5.74, 6) is 0.311. The molecule has 2 aromatic carbocycles. The topological polar surface area (TPSA) is 107 Å². The molecule has 1 aliphatic rings.